The second-order valence-electron chi connectivity index (χ2n) is 5.56. The standard InChI is InChI=1S/C17H20N2OS/c1-13-6-8-14(9-7-13)18-17(20)12-19-10-2-4-15(19)16-5-3-11-21-16/h3,5-9,11,15H,2,4,10,12H2,1H3,(H,18,20)/t15-/m0/s1. The van der Waals surface area contributed by atoms with Crippen LogP contribution in [-0.4, -0.2) is 23.9 Å². The summed E-state index contributed by atoms with van der Waals surface area (Å²) < 4.78 is 0. The molecule has 1 fully saturated rings. The van der Waals surface area contributed by atoms with Crippen LogP contribution < -0.4 is 5.32 Å². The third-order valence-corrected chi connectivity index (χ3v) is 4.89. The Kier molecular flexibility index (Phi) is 4.36. The monoisotopic (exact) mass is 300 g/mol. The van der Waals surface area contributed by atoms with E-state index >= 15 is 0 Å². The first-order chi connectivity index (χ1) is 10.2. The van der Waals surface area contributed by atoms with Gasteiger partial charge in [-0.3, -0.25) is 9.69 Å². The summed E-state index contributed by atoms with van der Waals surface area (Å²) in [6.45, 7) is 3.52. The molecular weight excluding hydrogens is 280 g/mol. The lowest BCUT2D eigenvalue weighted by atomic mass is 10.2. The Morgan fingerprint density at radius 3 is 2.86 bits per heavy atom. The summed E-state index contributed by atoms with van der Waals surface area (Å²) >= 11 is 1.78. The van der Waals surface area contributed by atoms with Gasteiger partial charge in [0.1, 0.15) is 0 Å². The lowest BCUT2D eigenvalue weighted by molar-refractivity contribution is -0.117. The Labute approximate surface area is 129 Å². The largest absolute Gasteiger partial charge is 0.325 e. The normalized spacial score (nSPS) is 18.8. The molecule has 3 rings (SSSR count). The first kappa shape index (κ1) is 14.3. The van der Waals surface area contributed by atoms with Crippen LogP contribution in [0.3, 0.4) is 0 Å². The number of carbonyl (C=O) groups is 1. The number of nitrogens with one attached hydrogen (secondary N) is 1. The van der Waals surface area contributed by atoms with Gasteiger partial charge in [0.05, 0.1) is 6.54 Å². The van der Waals surface area contributed by atoms with Crippen molar-refractivity contribution in [3.63, 3.8) is 0 Å². The summed E-state index contributed by atoms with van der Waals surface area (Å²) in [6, 6.07) is 12.6. The summed E-state index contributed by atoms with van der Waals surface area (Å²) in [7, 11) is 0. The molecule has 0 spiro atoms. The molecule has 1 N–H and O–H groups in total. The van der Waals surface area contributed by atoms with Gasteiger partial charge in [0.15, 0.2) is 0 Å². The summed E-state index contributed by atoms with van der Waals surface area (Å²) in [5.41, 5.74) is 2.07. The van der Waals surface area contributed by atoms with Crippen molar-refractivity contribution >= 4 is 22.9 Å². The zero-order valence-electron chi connectivity index (χ0n) is 12.2. The Morgan fingerprint density at radius 1 is 1.33 bits per heavy atom. The van der Waals surface area contributed by atoms with Gasteiger partial charge in [0.25, 0.3) is 0 Å². The van der Waals surface area contributed by atoms with E-state index in [2.05, 4.69) is 27.7 Å². The van der Waals surface area contributed by atoms with E-state index in [-0.39, 0.29) is 5.91 Å². The van der Waals surface area contributed by atoms with Crippen LogP contribution in [0.15, 0.2) is 41.8 Å². The van der Waals surface area contributed by atoms with Crippen LogP contribution in [0.5, 0.6) is 0 Å². The van der Waals surface area contributed by atoms with E-state index in [1.165, 1.54) is 16.9 Å². The van der Waals surface area contributed by atoms with E-state index in [4.69, 9.17) is 0 Å². The zero-order valence-corrected chi connectivity index (χ0v) is 13.0. The number of likely N-dealkylation sites (tertiary alicyclic amines) is 1. The van der Waals surface area contributed by atoms with Gasteiger partial charge in [-0.15, -0.1) is 11.3 Å². The molecule has 2 aromatic rings. The molecule has 110 valence electrons. The SMILES string of the molecule is Cc1ccc(NC(=O)CN2CCC[C@H]2c2cccs2)cc1. The topological polar surface area (TPSA) is 32.3 Å². The molecule has 1 atom stereocenters. The smallest absolute Gasteiger partial charge is 0.238 e. The fourth-order valence-electron chi connectivity index (χ4n) is 2.84. The lowest BCUT2D eigenvalue weighted by Crippen LogP contribution is -2.32. The Bertz CT molecular complexity index is 592. The molecule has 0 saturated carbocycles. The van der Waals surface area contributed by atoms with Crippen molar-refractivity contribution in [2.75, 3.05) is 18.4 Å². The number of hydrogen-bond donors (Lipinski definition) is 1. The van der Waals surface area contributed by atoms with E-state index in [0.29, 0.717) is 12.6 Å². The van der Waals surface area contributed by atoms with Crippen molar-refractivity contribution in [1.82, 2.24) is 4.90 Å². The molecule has 0 unspecified atom stereocenters. The van der Waals surface area contributed by atoms with Crippen molar-refractivity contribution in [1.29, 1.82) is 0 Å². The molecule has 0 bridgehead atoms. The summed E-state index contributed by atoms with van der Waals surface area (Å²) in [4.78, 5) is 15.9. The minimum Gasteiger partial charge on any atom is -0.325 e. The molecule has 3 nitrogen and oxygen atoms in total. The van der Waals surface area contributed by atoms with Crippen molar-refractivity contribution in [3.8, 4) is 0 Å². The van der Waals surface area contributed by atoms with Gasteiger partial charge < -0.3 is 5.32 Å². The molecular formula is C17H20N2OS. The Balaban J connectivity index is 1.60. The van der Waals surface area contributed by atoms with Crippen LogP contribution in [0.2, 0.25) is 0 Å². The summed E-state index contributed by atoms with van der Waals surface area (Å²) in [6.07, 6.45) is 2.32. The van der Waals surface area contributed by atoms with Gasteiger partial charge in [0, 0.05) is 16.6 Å². The maximum Gasteiger partial charge on any atom is 0.238 e. The fourth-order valence-corrected chi connectivity index (χ4v) is 3.74. The van der Waals surface area contributed by atoms with Crippen LogP contribution in [0.4, 0.5) is 5.69 Å². The van der Waals surface area contributed by atoms with E-state index in [1.54, 1.807) is 11.3 Å². The van der Waals surface area contributed by atoms with Gasteiger partial charge >= 0.3 is 0 Å². The van der Waals surface area contributed by atoms with Gasteiger partial charge in [-0.1, -0.05) is 23.8 Å². The van der Waals surface area contributed by atoms with Crippen LogP contribution in [0.1, 0.15) is 29.3 Å². The maximum absolute atomic E-state index is 12.2. The molecule has 1 amide bonds. The average molecular weight is 300 g/mol. The number of amides is 1. The Morgan fingerprint density at radius 2 is 2.14 bits per heavy atom. The quantitative estimate of drug-likeness (QED) is 0.930. The first-order valence-electron chi connectivity index (χ1n) is 7.36. The van der Waals surface area contributed by atoms with Crippen molar-refractivity contribution in [3.05, 3.63) is 52.2 Å². The highest BCUT2D eigenvalue weighted by molar-refractivity contribution is 7.10. The molecule has 1 saturated heterocycles. The first-order valence-corrected chi connectivity index (χ1v) is 8.24. The third-order valence-electron chi connectivity index (χ3n) is 3.92. The third kappa shape index (κ3) is 3.52. The van der Waals surface area contributed by atoms with Gasteiger partial charge in [-0.2, -0.15) is 0 Å². The van der Waals surface area contributed by atoms with Gasteiger partial charge in [-0.25, -0.2) is 0 Å². The van der Waals surface area contributed by atoms with Gasteiger partial charge in [-0.05, 0) is 49.9 Å². The van der Waals surface area contributed by atoms with Crippen LogP contribution in [0.25, 0.3) is 0 Å². The molecule has 0 aliphatic carbocycles. The molecule has 4 heteroatoms. The molecule has 21 heavy (non-hydrogen) atoms. The molecule has 1 aliphatic rings. The van der Waals surface area contributed by atoms with E-state index in [1.807, 2.05) is 31.2 Å². The summed E-state index contributed by atoms with van der Waals surface area (Å²) in [5, 5.41) is 5.09. The zero-order chi connectivity index (χ0) is 14.7. The highest BCUT2D eigenvalue weighted by Crippen LogP contribution is 2.34. The number of benzene rings is 1. The highest BCUT2D eigenvalue weighted by Gasteiger charge is 2.28. The van der Waals surface area contributed by atoms with Crippen molar-refractivity contribution in [2.45, 2.75) is 25.8 Å². The van der Waals surface area contributed by atoms with Crippen molar-refractivity contribution in [2.24, 2.45) is 0 Å². The molecule has 1 aromatic carbocycles. The predicted molar refractivity (Wildman–Crippen MR) is 87.7 cm³/mol. The van der Waals surface area contributed by atoms with Crippen molar-refractivity contribution < 1.29 is 4.79 Å². The lowest BCUT2D eigenvalue weighted by Gasteiger charge is -2.22. The maximum atomic E-state index is 12.2. The average Bonchev–Trinajstić information content (AvgIpc) is 3.11. The number of carbonyl (C=O) groups excluding carboxylic acids is 1. The van der Waals surface area contributed by atoms with Crippen LogP contribution >= 0.6 is 11.3 Å². The highest BCUT2D eigenvalue weighted by atomic mass is 32.1. The second-order valence-corrected chi connectivity index (χ2v) is 6.54. The molecule has 1 aliphatic heterocycles. The molecule has 0 radical (unpaired) electrons. The minimum atomic E-state index is 0.0716. The number of rotatable bonds is 4. The number of nitrogens with zero attached hydrogens (tertiary/aromatic N) is 1. The molecule has 1 aromatic heterocycles. The van der Waals surface area contributed by atoms with Gasteiger partial charge in [0.2, 0.25) is 5.91 Å². The van der Waals surface area contributed by atoms with Crippen LogP contribution in [-0.2, 0) is 4.79 Å². The fraction of sp³-hybridized carbons (Fsp3) is 0.353. The number of aryl methyl sites for hydroxylation is 1. The summed E-state index contributed by atoms with van der Waals surface area (Å²) in [5.74, 6) is 0.0716. The van der Waals surface area contributed by atoms with E-state index in [9.17, 15) is 4.79 Å². The number of hydrogen-bond acceptors (Lipinski definition) is 3. The van der Waals surface area contributed by atoms with Crippen LogP contribution in [0, 0.1) is 6.92 Å². The Hall–Kier alpha value is -1.65. The minimum absolute atomic E-state index is 0.0716. The number of anilines is 1. The number of thiophene rings is 1. The van der Waals surface area contributed by atoms with E-state index < -0.39 is 0 Å². The predicted octanol–water partition coefficient (Wildman–Crippen LogP) is 3.83. The molecule has 2 heterocycles. The second kappa shape index (κ2) is 6.41. The van der Waals surface area contributed by atoms with E-state index in [0.717, 1.165) is 18.7 Å².